The van der Waals surface area contributed by atoms with E-state index in [4.69, 9.17) is 4.52 Å². The monoisotopic (exact) mass is 499 g/mol. The van der Waals surface area contributed by atoms with E-state index in [1.165, 1.54) is 4.90 Å². The Morgan fingerprint density at radius 1 is 1.25 bits per heavy atom. The number of carbonyl (C=O) groups excluding carboxylic acids is 2. The van der Waals surface area contributed by atoms with Crippen molar-refractivity contribution in [1.82, 2.24) is 20.7 Å². The van der Waals surface area contributed by atoms with Gasteiger partial charge in [-0.3, -0.25) is 19.5 Å². The SMILES string of the molecule is CCc1cc(CNC(=NC)NCCN2C(=O)C3C4C=CC(C4)C3C2=O)on1.I. The van der Waals surface area contributed by atoms with Crippen molar-refractivity contribution in [3.8, 4) is 0 Å². The van der Waals surface area contributed by atoms with E-state index in [0.29, 0.717) is 25.6 Å². The van der Waals surface area contributed by atoms with Crippen LogP contribution in [-0.2, 0) is 22.6 Å². The minimum Gasteiger partial charge on any atom is -0.359 e. The van der Waals surface area contributed by atoms with Gasteiger partial charge in [-0.25, -0.2) is 0 Å². The number of imide groups is 1. The topological polar surface area (TPSA) is 99.8 Å². The molecule has 2 heterocycles. The van der Waals surface area contributed by atoms with Gasteiger partial charge < -0.3 is 15.2 Å². The van der Waals surface area contributed by atoms with Gasteiger partial charge in [-0.15, -0.1) is 24.0 Å². The van der Waals surface area contributed by atoms with Gasteiger partial charge >= 0.3 is 0 Å². The summed E-state index contributed by atoms with van der Waals surface area (Å²) in [5.41, 5.74) is 0.912. The van der Waals surface area contributed by atoms with Crippen molar-refractivity contribution in [1.29, 1.82) is 0 Å². The Morgan fingerprint density at radius 2 is 1.93 bits per heavy atom. The van der Waals surface area contributed by atoms with Crippen molar-refractivity contribution in [2.75, 3.05) is 20.1 Å². The minimum absolute atomic E-state index is 0. The molecule has 152 valence electrons. The van der Waals surface area contributed by atoms with Gasteiger partial charge in [-0.1, -0.05) is 24.2 Å². The molecule has 2 fully saturated rings. The number of fused-ring (bicyclic) bond motifs is 5. The summed E-state index contributed by atoms with van der Waals surface area (Å²) in [4.78, 5) is 30.9. The lowest BCUT2D eigenvalue weighted by Crippen LogP contribution is -2.43. The quantitative estimate of drug-likeness (QED) is 0.202. The fraction of sp³-hybridized carbons (Fsp3) is 0.579. The molecule has 4 atom stereocenters. The van der Waals surface area contributed by atoms with Gasteiger partial charge in [0.25, 0.3) is 0 Å². The number of carbonyl (C=O) groups is 2. The van der Waals surface area contributed by atoms with Crippen molar-refractivity contribution in [3.63, 3.8) is 0 Å². The molecule has 1 aromatic rings. The number of aromatic nitrogens is 1. The standard InChI is InChI=1S/C19H25N5O3.HI/c1-3-13-9-14(27-23-13)10-22-19(20-2)21-6-7-24-17(25)15-11-4-5-12(8-11)16(15)18(24)26;/h4-5,9,11-12,15-16H,3,6-8,10H2,1-2H3,(H2,20,21,22);1H. The summed E-state index contributed by atoms with van der Waals surface area (Å²) in [7, 11) is 1.67. The predicted molar refractivity (Wildman–Crippen MR) is 114 cm³/mol. The number of halogens is 1. The molecule has 9 heteroatoms. The number of hydrogen-bond donors (Lipinski definition) is 2. The summed E-state index contributed by atoms with van der Waals surface area (Å²) in [6.07, 6.45) is 6.00. The highest BCUT2D eigenvalue weighted by molar-refractivity contribution is 14.0. The molecule has 4 rings (SSSR count). The molecule has 2 aliphatic carbocycles. The number of aryl methyl sites for hydroxylation is 1. The van der Waals surface area contributed by atoms with Crippen LogP contribution in [0.5, 0.6) is 0 Å². The molecular formula is C19H26IN5O3. The summed E-state index contributed by atoms with van der Waals surface area (Å²) in [5, 5.41) is 10.2. The van der Waals surface area contributed by atoms with Crippen LogP contribution >= 0.6 is 24.0 Å². The van der Waals surface area contributed by atoms with Crippen LogP contribution in [0.15, 0.2) is 27.7 Å². The van der Waals surface area contributed by atoms with Gasteiger partial charge in [0, 0.05) is 26.2 Å². The summed E-state index contributed by atoms with van der Waals surface area (Å²) in [6.45, 7) is 3.29. The third-order valence-electron chi connectivity index (χ3n) is 5.81. The zero-order valence-corrected chi connectivity index (χ0v) is 18.4. The molecule has 0 aromatic carbocycles. The summed E-state index contributed by atoms with van der Waals surface area (Å²) in [6, 6.07) is 1.91. The van der Waals surface area contributed by atoms with Crippen molar-refractivity contribution in [2.24, 2.45) is 28.7 Å². The fourth-order valence-electron chi connectivity index (χ4n) is 4.47. The number of nitrogens with zero attached hydrogens (tertiary/aromatic N) is 3. The van der Waals surface area contributed by atoms with Crippen LogP contribution in [0.3, 0.4) is 0 Å². The molecular weight excluding hydrogens is 473 g/mol. The molecule has 2 amide bonds. The molecule has 0 radical (unpaired) electrons. The third-order valence-corrected chi connectivity index (χ3v) is 5.81. The zero-order chi connectivity index (χ0) is 19.0. The van der Waals surface area contributed by atoms with Crippen molar-refractivity contribution in [2.45, 2.75) is 26.3 Å². The number of aliphatic imine (C=N–C) groups is 1. The molecule has 0 spiro atoms. The predicted octanol–water partition coefficient (Wildman–Crippen LogP) is 1.33. The first-order chi connectivity index (χ1) is 13.1. The van der Waals surface area contributed by atoms with E-state index in [1.54, 1.807) is 7.05 Å². The van der Waals surface area contributed by atoms with Crippen LogP contribution in [0.2, 0.25) is 0 Å². The smallest absolute Gasteiger partial charge is 0.233 e. The average Bonchev–Trinajstić information content (AvgIpc) is 3.44. The zero-order valence-electron chi connectivity index (χ0n) is 16.1. The van der Waals surface area contributed by atoms with Gasteiger partial charge in [0.1, 0.15) is 0 Å². The number of hydrogen-bond acceptors (Lipinski definition) is 5. The maximum absolute atomic E-state index is 12.7. The van der Waals surface area contributed by atoms with E-state index in [9.17, 15) is 9.59 Å². The van der Waals surface area contributed by atoms with Crippen LogP contribution in [0.4, 0.5) is 0 Å². The van der Waals surface area contributed by atoms with E-state index >= 15 is 0 Å². The van der Waals surface area contributed by atoms with E-state index in [-0.39, 0.29) is 59.5 Å². The number of allylic oxidation sites excluding steroid dienone is 2. The molecule has 1 aromatic heterocycles. The van der Waals surface area contributed by atoms with Crippen molar-refractivity contribution < 1.29 is 14.1 Å². The third kappa shape index (κ3) is 3.68. The normalized spacial score (nSPS) is 27.9. The Labute approximate surface area is 181 Å². The number of amides is 2. The van der Waals surface area contributed by atoms with Gasteiger partial charge in [-0.05, 0) is 24.7 Å². The molecule has 8 nitrogen and oxygen atoms in total. The Hall–Kier alpha value is -1.91. The first-order valence-corrected chi connectivity index (χ1v) is 9.55. The van der Waals surface area contributed by atoms with Crippen LogP contribution in [0, 0.1) is 23.7 Å². The fourth-order valence-corrected chi connectivity index (χ4v) is 4.47. The summed E-state index contributed by atoms with van der Waals surface area (Å²) in [5.74, 6) is 1.52. The number of nitrogens with one attached hydrogen (secondary N) is 2. The molecule has 1 aliphatic heterocycles. The molecule has 1 saturated heterocycles. The Balaban J connectivity index is 0.00000225. The lowest BCUT2D eigenvalue weighted by Gasteiger charge is -2.18. The largest absolute Gasteiger partial charge is 0.359 e. The number of guanidine groups is 1. The first kappa shape index (κ1) is 20.8. The van der Waals surface area contributed by atoms with E-state index in [2.05, 4.69) is 32.9 Å². The molecule has 1 saturated carbocycles. The van der Waals surface area contributed by atoms with Crippen LogP contribution in [-0.4, -0.2) is 48.0 Å². The highest BCUT2D eigenvalue weighted by atomic mass is 127. The van der Waals surface area contributed by atoms with Crippen molar-refractivity contribution in [3.05, 3.63) is 29.7 Å². The molecule has 4 unspecified atom stereocenters. The number of rotatable bonds is 6. The first-order valence-electron chi connectivity index (χ1n) is 9.55. The Bertz CT molecular complexity index is 775. The second-order valence-corrected chi connectivity index (χ2v) is 7.32. The Kier molecular flexibility index (Phi) is 6.41. The highest BCUT2D eigenvalue weighted by Gasteiger charge is 2.58. The highest BCUT2D eigenvalue weighted by Crippen LogP contribution is 2.52. The van der Waals surface area contributed by atoms with E-state index in [0.717, 1.165) is 24.3 Å². The molecule has 28 heavy (non-hydrogen) atoms. The second kappa shape index (κ2) is 8.62. The van der Waals surface area contributed by atoms with Gasteiger partial charge in [0.15, 0.2) is 11.7 Å². The Morgan fingerprint density at radius 3 is 2.50 bits per heavy atom. The second-order valence-electron chi connectivity index (χ2n) is 7.32. The molecule has 2 N–H and O–H groups in total. The number of likely N-dealkylation sites (tertiary alicyclic amines) is 1. The van der Waals surface area contributed by atoms with E-state index < -0.39 is 0 Å². The van der Waals surface area contributed by atoms with Gasteiger partial charge in [-0.2, -0.15) is 0 Å². The maximum atomic E-state index is 12.7. The molecule has 2 bridgehead atoms. The minimum atomic E-state index is -0.135. The van der Waals surface area contributed by atoms with E-state index in [1.807, 2.05) is 13.0 Å². The molecule has 3 aliphatic rings. The summed E-state index contributed by atoms with van der Waals surface area (Å²) < 4.78 is 5.23. The summed E-state index contributed by atoms with van der Waals surface area (Å²) >= 11 is 0. The van der Waals surface area contributed by atoms with Crippen molar-refractivity contribution >= 4 is 41.8 Å². The lowest BCUT2D eigenvalue weighted by atomic mass is 9.85. The van der Waals surface area contributed by atoms with Crippen LogP contribution in [0.1, 0.15) is 24.8 Å². The van der Waals surface area contributed by atoms with Gasteiger partial charge in [0.2, 0.25) is 11.8 Å². The lowest BCUT2D eigenvalue weighted by molar-refractivity contribution is -0.140. The van der Waals surface area contributed by atoms with Crippen LogP contribution in [0.25, 0.3) is 0 Å². The van der Waals surface area contributed by atoms with Gasteiger partial charge in [0.05, 0.1) is 24.1 Å². The van der Waals surface area contributed by atoms with Crippen LogP contribution < -0.4 is 10.6 Å². The maximum Gasteiger partial charge on any atom is 0.233 e. The average molecular weight is 499 g/mol.